The van der Waals surface area contributed by atoms with E-state index in [0.717, 1.165) is 33.1 Å². The van der Waals surface area contributed by atoms with Gasteiger partial charge in [-0.2, -0.15) is 0 Å². The van der Waals surface area contributed by atoms with Crippen molar-refractivity contribution in [2.45, 2.75) is 4.90 Å². The van der Waals surface area contributed by atoms with E-state index in [0.29, 0.717) is 5.82 Å². The minimum absolute atomic E-state index is 0.0527. The van der Waals surface area contributed by atoms with Gasteiger partial charge < -0.3 is 4.98 Å². The summed E-state index contributed by atoms with van der Waals surface area (Å²) in [6.07, 6.45) is 2.88. The van der Waals surface area contributed by atoms with Crippen LogP contribution in [0.1, 0.15) is 11.4 Å². The first-order chi connectivity index (χ1) is 14.1. The number of hydrogen-bond acceptors (Lipinski definition) is 3. The molecule has 1 heterocycles. The lowest BCUT2D eigenvalue weighted by Crippen LogP contribution is -1.92. The molecule has 2 N–H and O–H groups in total. The maximum absolute atomic E-state index is 13.8. The molecule has 0 aliphatic carbocycles. The van der Waals surface area contributed by atoms with Crippen LogP contribution in [0.5, 0.6) is 0 Å². The van der Waals surface area contributed by atoms with E-state index in [9.17, 15) is 13.2 Å². The lowest BCUT2D eigenvalue weighted by atomic mass is 10.1. The summed E-state index contributed by atoms with van der Waals surface area (Å²) in [6, 6.07) is 16.0. The summed E-state index contributed by atoms with van der Waals surface area (Å²) in [4.78, 5) is 8.70. The Hall–Kier alpha value is -3.03. The number of hydrogen-bond donors (Lipinski definition) is 2. The van der Waals surface area contributed by atoms with Crippen molar-refractivity contribution in [2.24, 2.45) is 0 Å². The second-order valence-corrected chi connectivity index (χ2v) is 7.31. The molecule has 1 aromatic heterocycles. The Morgan fingerprint density at radius 3 is 2.62 bits per heavy atom. The Balaban J connectivity index is 1.67. The molecular weight excluding hydrogens is 395 g/mol. The number of H-pyrrole nitrogens is 1. The average molecular weight is 411 g/mol. The van der Waals surface area contributed by atoms with Crippen molar-refractivity contribution in [3.63, 3.8) is 0 Å². The maximum Gasteiger partial charge on any atom is 0.195 e. The van der Waals surface area contributed by atoms with Gasteiger partial charge in [-0.1, -0.05) is 24.3 Å². The predicted octanol–water partition coefficient (Wildman–Crippen LogP) is 6.04. The lowest BCUT2D eigenvalue weighted by molar-refractivity contribution is 0.446. The number of rotatable bonds is 5. The Morgan fingerprint density at radius 2 is 1.79 bits per heavy atom. The molecule has 4 rings (SSSR count). The van der Waals surface area contributed by atoms with Gasteiger partial charge >= 0.3 is 0 Å². The van der Waals surface area contributed by atoms with Crippen molar-refractivity contribution in [1.82, 2.24) is 14.7 Å². The average Bonchev–Trinajstić information content (AvgIpc) is 3.14. The van der Waals surface area contributed by atoms with Gasteiger partial charge in [0.2, 0.25) is 0 Å². The van der Waals surface area contributed by atoms with E-state index in [4.69, 9.17) is 0 Å². The Bertz CT molecular complexity index is 1220. The first kappa shape index (κ1) is 19.3. The minimum Gasteiger partial charge on any atom is -0.338 e. The number of halogens is 3. The topological polar surface area (TPSA) is 40.7 Å². The third-order valence-corrected chi connectivity index (χ3v) is 5.18. The molecule has 0 unspecified atom stereocenters. The zero-order valence-corrected chi connectivity index (χ0v) is 16.2. The highest BCUT2D eigenvalue weighted by atomic mass is 32.2. The van der Waals surface area contributed by atoms with Crippen LogP contribution in [0.25, 0.3) is 34.3 Å². The highest BCUT2D eigenvalue weighted by Crippen LogP contribution is 2.31. The first-order valence-electron chi connectivity index (χ1n) is 8.81. The Kier molecular flexibility index (Phi) is 5.42. The van der Waals surface area contributed by atoms with E-state index in [2.05, 4.69) is 14.7 Å². The van der Waals surface area contributed by atoms with Gasteiger partial charge in [-0.25, -0.2) is 18.2 Å². The van der Waals surface area contributed by atoms with Gasteiger partial charge in [-0.05, 0) is 72.6 Å². The summed E-state index contributed by atoms with van der Waals surface area (Å²) in [7, 11) is 1.87. The van der Waals surface area contributed by atoms with Crippen LogP contribution in [-0.2, 0) is 0 Å². The predicted molar refractivity (Wildman–Crippen MR) is 112 cm³/mol. The third kappa shape index (κ3) is 3.92. The molecule has 4 aromatic rings. The SMILES string of the molecule is CNSc1ccccc1-c1ccc2nc(/C=C/c3ccc(F)c(F)c3F)[nH]c2c1. The van der Waals surface area contributed by atoms with Crippen LogP contribution in [0.15, 0.2) is 59.5 Å². The zero-order valence-electron chi connectivity index (χ0n) is 15.3. The molecule has 0 radical (unpaired) electrons. The van der Waals surface area contributed by atoms with Gasteiger partial charge in [0.1, 0.15) is 5.82 Å². The molecule has 0 atom stereocenters. The first-order valence-corrected chi connectivity index (χ1v) is 9.63. The van der Waals surface area contributed by atoms with Gasteiger partial charge in [0.15, 0.2) is 17.5 Å². The second-order valence-electron chi connectivity index (χ2n) is 6.25. The van der Waals surface area contributed by atoms with Crippen molar-refractivity contribution in [3.05, 3.63) is 83.4 Å². The molecular formula is C22H16F3N3S. The molecule has 0 amide bonds. The molecule has 3 aromatic carbocycles. The molecule has 0 saturated carbocycles. The number of nitrogens with zero attached hydrogens (tertiary/aromatic N) is 1. The van der Waals surface area contributed by atoms with E-state index in [1.807, 2.05) is 49.5 Å². The normalized spacial score (nSPS) is 11.6. The van der Waals surface area contributed by atoms with Crippen molar-refractivity contribution in [1.29, 1.82) is 0 Å². The van der Waals surface area contributed by atoms with Gasteiger partial charge in [-0.15, -0.1) is 0 Å². The molecule has 0 spiro atoms. The van der Waals surface area contributed by atoms with Crippen molar-refractivity contribution in [2.75, 3.05) is 7.05 Å². The lowest BCUT2D eigenvalue weighted by Gasteiger charge is -2.08. The van der Waals surface area contributed by atoms with Crippen molar-refractivity contribution < 1.29 is 13.2 Å². The fourth-order valence-electron chi connectivity index (χ4n) is 3.02. The third-order valence-electron chi connectivity index (χ3n) is 4.40. The van der Waals surface area contributed by atoms with Crippen LogP contribution in [0.4, 0.5) is 13.2 Å². The highest BCUT2D eigenvalue weighted by molar-refractivity contribution is 7.97. The van der Waals surface area contributed by atoms with Crippen LogP contribution in [0, 0.1) is 17.5 Å². The summed E-state index contributed by atoms with van der Waals surface area (Å²) < 4.78 is 43.3. The Morgan fingerprint density at radius 1 is 0.966 bits per heavy atom. The van der Waals surface area contributed by atoms with E-state index in [1.165, 1.54) is 30.2 Å². The summed E-state index contributed by atoms with van der Waals surface area (Å²) >= 11 is 1.54. The maximum atomic E-state index is 13.8. The summed E-state index contributed by atoms with van der Waals surface area (Å²) in [5.41, 5.74) is 3.63. The smallest absolute Gasteiger partial charge is 0.195 e. The molecule has 0 aliphatic rings. The van der Waals surface area contributed by atoms with E-state index in [-0.39, 0.29) is 5.56 Å². The van der Waals surface area contributed by atoms with Gasteiger partial charge in [0.25, 0.3) is 0 Å². The van der Waals surface area contributed by atoms with Crippen LogP contribution >= 0.6 is 11.9 Å². The summed E-state index contributed by atoms with van der Waals surface area (Å²) in [5, 5.41) is 0. The summed E-state index contributed by atoms with van der Waals surface area (Å²) in [6.45, 7) is 0. The fraction of sp³-hybridized carbons (Fsp3) is 0.0455. The van der Waals surface area contributed by atoms with E-state index < -0.39 is 17.5 Å². The molecule has 0 bridgehead atoms. The number of aromatic amines is 1. The fourth-order valence-corrected chi connectivity index (χ4v) is 3.68. The monoisotopic (exact) mass is 411 g/mol. The largest absolute Gasteiger partial charge is 0.338 e. The highest BCUT2D eigenvalue weighted by Gasteiger charge is 2.12. The second kappa shape index (κ2) is 8.14. The Labute approximate surface area is 169 Å². The minimum atomic E-state index is -1.49. The van der Waals surface area contributed by atoms with Crippen LogP contribution in [0.2, 0.25) is 0 Å². The zero-order chi connectivity index (χ0) is 20.4. The van der Waals surface area contributed by atoms with E-state index >= 15 is 0 Å². The molecule has 7 heteroatoms. The number of imidazole rings is 1. The molecule has 0 fully saturated rings. The number of aromatic nitrogens is 2. The van der Waals surface area contributed by atoms with Crippen LogP contribution in [0.3, 0.4) is 0 Å². The molecule has 3 nitrogen and oxygen atoms in total. The van der Waals surface area contributed by atoms with Gasteiger partial charge in [0.05, 0.1) is 11.0 Å². The molecule has 0 saturated heterocycles. The number of fused-ring (bicyclic) bond motifs is 1. The van der Waals surface area contributed by atoms with Crippen molar-refractivity contribution >= 4 is 35.1 Å². The standard InChI is InChI=1S/C22H16F3N3S/c1-26-29-19-5-3-2-4-15(19)14-7-10-17-18(12-14)28-20(27-17)11-8-13-6-9-16(23)22(25)21(13)24/h2-12,26H,1H3,(H,27,28)/b11-8+. The van der Waals surface area contributed by atoms with E-state index in [1.54, 1.807) is 0 Å². The number of benzene rings is 3. The molecule has 29 heavy (non-hydrogen) atoms. The molecule has 146 valence electrons. The van der Waals surface area contributed by atoms with Gasteiger partial charge in [-0.3, -0.25) is 4.72 Å². The molecule has 0 aliphatic heterocycles. The summed E-state index contributed by atoms with van der Waals surface area (Å²) in [5.74, 6) is -3.44. The number of nitrogens with one attached hydrogen (secondary N) is 2. The van der Waals surface area contributed by atoms with Gasteiger partial charge in [0, 0.05) is 10.5 Å². The van der Waals surface area contributed by atoms with Crippen LogP contribution in [-0.4, -0.2) is 17.0 Å². The van der Waals surface area contributed by atoms with Crippen LogP contribution < -0.4 is 4.72 Å². The van der Waals surface area contributed by atoms with Crippen molar-refractivity contribution in [3.8, 4) is 11.1 Å². The quantitative estimate of drug-likeness (QED) is 0.311.